The fourth-order valence-electron chi connectivity index (χ4n) is 0.999. The van der Waals surface area contributed by atoms with Crippen LogP contribution in [0.4, 0.5) is 4.39 Å². The van der Waals surface area contributed by atoms with E-state index < -0.39 is 5.91 Å². The van der Waals surface area contributed by atoms with Gasteiger partial charge in [0.2, 0.25) is 5.91 Å². The predicted octanol–water partition coefficient (Wildman–Crippen LogP) is 1.49. The molecule has 0 saturated carbocycles. The topological polar surface area (TPSA) is 43.1 Å². The van der Waals surface area contributed by atoms with E-state index in [0.717, 1.165) is 0 Å². The third-order valence-corrected chi connectivity index (χ3v) is 1.71. The number of benzene rings is 1. The Morgan fingerprint density at radius 2 is 2.25 bits per heavy atom. The number of carbonyl (C=O) groups excluding carboxylic acids is 1. The minimum Gasteiger partial charge on any atom is -0.366 e. The van der Waals surface area contributed by atoms with Gasteiger partial charge in [-0.05, 0) is 30.2 Å². The highest BCUT2D eigenvalue weighted by atomic mass is 19.1. The molecule has 0 aliphatic heterocycles. The normalized spacial score (nSPS) is 9.83. The van der Waals surface area contributed by atoms with E-state index in [1.807, 2.05) is 6.92 Å². The third kappa shape index (κ3) is 1.61. The molecule has 0 saturated heterocycles. The van der Waals surface area contributed by atoms with Crippen molar-refractivity contribution in [3.8, 4) is 0 Å². The molecule has 0 atom stereocenters. The molecule has 12 heavy (non-hydrogen) atoms. The van der Waals surface area contributed by atoms with Gasteiger partial charge in [0.1, 0.15) is 5.82 Å². The van der Waals surface area contributed by atoms with Crippen molar-refractivity contribution >= 4 is 5.91 Å². The van der Waals surface area contributed by atoms with Crippen LogP contribution < -0.4 is 5.73 Å². The van der Waals surface area contributed by atoms with Gasteiger partial charge in [-0.3, -0.25) is 4.79 Å². The van der Waals surface area contributed by atoms with Gasteiger partial charge in [0.15, 0.2) is 0 Å². The molecule has 1 amide bonds. The minimum absolute atomic E-state index is 0.289. The average molecular weight is 167 g/mol. The van der Waals surface area contributed by atoms with Gasteiger partial charge in [-0.1, -0.05) is 6.92 Å². The van der Waals surface area contributed by atoms with Crippen molar-refractivity contribution in [3.63, 3.8) is 0 Å². The molecule has 0 aliphatic rings. The number of hydrogen-bond acceptors (Lipinski definition) is 1. The molecule has 0 radical (unpaired) electrons. The summed E-state index contributed by atoms with van der Waals surface area (Å²) in [6.45, 7) is 1.82. The number of hydrogen-bond donors (Lipinski definition) is 1. The Bertz CT molecular complexity index is 309. The lowest BCUT2D eigenvalue weighted by molar-refractivity contribution is 0.1000. The average Bonchev–Trinajstić information content (AvgIpc) is 2.05. The van der Waals surface area contributed by atoms with Crippen molar-refractivity contribution in [1.29, 1.82) is 0 Å². The van der Waals surface area contributed by atoms with Crippen LogP contribution in [0.15, 0.2) is 18.2 Å². The summed E-state index contributed by atoms with van der Waals surface area (Å²) in [6, 6.07) is 4.13. The van der Waals surface area contributed by atoms with Crippen molar-refractivity contribution in [1.82, 2.24) is 0 Å². The molecular formula is C9H10FNO. The van der Waals surface area contributed by atoms with Gasteiger partial charge >= 0.3 is 0 Å². The molecule has 0 heterocycles. The van der Waals surface area contributed by atoms with Crippen LogP contribution in [0.3, 0.4) is 0 Å². The molecule has 2 N–H and O–H groups in total. The fraction of sp³-hybridized carbons (Fsp3) is 0.222. The highest BCUT2D eigenvalue weighted by molar-refractivity contribution is 5.92. The third-order valence-electron chi connectivity index (χ3n) is 1.71. The molecule has 3 heteroatoms. The van der Waals surface area contributed by atoms with Gasteiger partial charge in [0, 0.05) is 5.56 Å². The Balaban J connectivity index is 3.13. The Labute approximate surface area is 70.2 Å². The van der Waals surface area contributed by atoms with Crippen molar-refractivity contribution < 1.29 is 9.18 Å². The molecule has 0 unspecified atom stereocenters. The van der Waals surface area contributed by atoms with Crippen molar-refractivity contribution in [3.05, 3.63) is 35.1 Å². The van der Waals surface area contributed by atoms with Gasteiger partial charge in [-0.2, -0.15) is 0 Å². The molecule has 0 bridgehead atoms. The quantitative estimate of drug-likeness (QED) is 0.712. The number of carbonyl (C=O) groups is 1. The van der Waals surface area contributed by atoms with E-state index in [2.05, 4.69) is 0 Å². The highest BCUT2D eigenvalue weighted by Gasteiger charge is 2.04. The number of aryl methyl sites for hydroxylation is 1. The lowest BCUT2D eigenvalue weighted by Gasteiger charge is -2.00. The monoisotopic (exact) mass is 167 g/mol. The second kappa shape index (κ2) is 3.34. The zero-order chi connectivity index (χ0) is 9.14. The molecule has 64 valence electrons. The first-order chi connectivity index (χ1) is 5.65. The largest absolute Gasteiger partial charge is 0.366 e. The van der Waals surface area contributed by atoms with Crippen molar-refractivity contribution in [2.75, 3.05) is 0 Å². The number of halogens is 1. The zero-order valence-corrected chi connectivity index (χ0v) is 6.80. The van der Waals surface area contributed by atoms with Crippen LogP contribution in [-0.2, 0) is 6.42 Å². The first-order valence-corrected chi connectivity index (χ1v) is 3.73. The van der Waals surface area contributed by atoms with E-state index in [4.69, 9.17) is 5.73 Å². The molecule has 0 fully saturated rings. The van der Waals surface area contributed by atoms with E-state index in [-0.39, 0.29) is 5.82 Å². The highest BCUT2D eigenvalue weighted by Crippen LogP contribution is 2.10. The second-order valence-corrected chi connectivity index (χ2v) is 2.52. The Morgan fingerprint density at radius 1 is 1.58 bits per heavy atom. The van der Waals surface area contributed by atoms with Crippen LogP contribution >= 0.6 is 0 Å². The summed E-state index contributed by atoms with van der Waals surface area (Å²) in [5, 5.41) is 0. The standard InChI is InChI=1S/C9H10FNO/c1-2-6-5-7(9(11)12)3-4-8(6)10/h3-5H,2H2,1H3,(H2,11,12). The van der Waals surface area contributed by atoms with Crippen LogP contribution in [0.5, 0.6) is 0 Å². The molecular weight excluding hydrogens is 157 g/mol. The second-order valence-electron chi connectivity index (χ2n) is 2.52. The van der Waals surface area contributed by atoms with Crippen LogP contribution in [-0.4, -0.2) is 5.91 Å². The lowest BCUT2D eigenvalue weighted by atomic mass is 10.1. The first kappa shape index (κ1) is 8.71. The van der Waals surface area contributed by atoms with E-state index in [0.29, 0.717) is 17.5 Å². The van der Waals surface area contributed by atoms with Crippen molar-refractivity contribution in [2.24, 2.45) is 5.73 Å². The maximum Gasteiger partial charge on any atom is 0.248 e. The summed E-state index contributed by atoms with van der Waals surface area (Å²) < 4.78 is 12.9. The summed E-state index contributed by atoms with van der Waals surface area (Å²) in [4.78, 5) is 10.7. The van der Waals surface area contributed by atoms with Crippen molar-refractivity contribution in [2.45, 2.75) is 13.3 Å². The van der Waals surface area contributed by atoms with Crippen LogP contribution in [0, 0.1) is 5.82 Å². The summed E-state index contributed by atoms with van der Waals surface area (Å²) in [5.41, 5.74) is 5.90. The summed E-state index contributed by atoms with van der Waals surface area (Å²) in [7, 11) is 0. The van der Waals surface area contributed by atoms with Gasteiger partial charge < -0.3 is 5.73 Å². The number of nitrogens with two attached hydrogens (primary N) is 1. The Morgan fingerprint density at radius 3 is 2.75 bits per heavy atom. The van der Waals surface area contributed by atoms with Crippen LogP contribution in [0.2, 0.25) is 0 Å². The predicted molar refractivity (Wildman–Crippen MR) is 44.3 cm³/mol. The van der Waals surface area contributed by atoms with E-state index in [9.17, 15) is 9.18 Å². The molecule has 0 aliphatic carbocycles. The molecule has 1 rings (SSSR count). The van der Waals surface area contributed by atoms with E-state index in [1.54, 1.807) is 0 Å². The molecule has 0 spiro atoms. The minimum atomic E-state index is -0.523. The van der Waals surface area contributed by atoms with Gasteiger partial charge in [0.05, 0.1) is 0 Å². The summed E-state index contributed by atoms with van der Waals surface area (Å²) in [5.74, 6) is -0.813. The summed E-state index contributed by atoms with van der Waals surface area (Å²) in [6.07, 6.45) is 0.562. The Hall–Kier alpha value is -1.38. The smallest absolute Gasteiger partial charge is 0.248 e. The molecule has 1 aromatic rings. The molecule has 2 nitrogen and oxygen atoms in total. The fourth-order valence-corrected chi connectivity index (χ4v) is 0.999. The van der Waals surface area contributed by atoms with Gasteiger partial charge in [-0.15, -0.1) is 0 Å². The SMILES string of the molecule is CCc1cc(C(N)=O)ccc1F. The number of primary amides is 1. The van der Waals surface area contributed by atoms with Gasteiger partial charge in [-0.25, -0.2) is 4.39 Å². The zero-order valence-electron chi connectivity index (χ0n) is 6.80. The van der Waals surface area contributed by atoms with Gasteiger partial charge in [0.25, 0.3) is 0 Å². The summed E-state index contributed by atoms with van der Waals surface area (Å²) >= 11 is 0. The lowest BCUT2D eigenvalue weighted by Crippen LogP contribution is -2.11. The number of rotatable bonds is 2. The van der Waals surface area contributed by atoms with Crippen LogP contribution in [0.1, 0.15) is 22.8 Å². The molecule has 0 aromatic heterocycles. The first-order valence-electron chi connectivity index (χ1n) is 3.73. The van der Waals surface area contributed by atoms with E-state index in [1.165, 1.54) is 18.2 Å². The maximum atomic E-state index is 12.9. The maximum absolute atomic E-state index is 12.9. The van der Waals surface area contributed by atoms with E-state index >= 15 is 0 Å². The Kier molecular flexibility index (Phi) is 2.43. The van der Waals surface area contributed by atoms with Crippen LogP contribution in [0.25, 0.3) is 0 Å². The number of amides is 1. The molecule has 1 aromatic carbocycles.